The maximum Gasteiger partial charge on any atom is 0.148 e. The molecule has 0 aliphatic heterocycles. The molecular weight excluding hydrogens is 233 g/mol. The molecule has 0 bridgehead atoms. The molecule has 4 nitrogen and oxygen atoms in total. The Labute approximate surface area is 105 Å². The number of halogens is 1. The molecule has 0 unspecified atom stereocenters. The number of hydrogen-bond donors (Lipinski definition) is 2. The number of H-pyrrole nitrogens is 1. The van der Waals surface area contributed by atoms with Gasteiger partial charge >= 0.3 is 0 Å². The minimum Gasteiger partial charge on any atom is -0.496 e. The number of nitrogens with zero attached hydrogens (tertiary/aromatic N) is 1. The van der Waals surface area contributed by atoms with E-state index in [2.05, 4.69) is 15.5 Å². The van der Waals surface area contributed by atoms with Crippen molar-refractivity contribution in [3.63, 3.8) is 0 Å². The molecule has 96 valence electrons. The highest BCUT2D eigenvalue weighted by atomic mass is 19.1. The van der Waals surface area contributed by atoms with Crippen LogP contribution in [0.3, 0.4) is 0 Å². The molecule has 0 saturated heterocycles. The van der Waals surface area contributed by atoms with E-state index in [1.807, 2.05) is 13.8 Å². The van der Waals surface area contributed by atoms with Crippen molar-refractivity contribution in [1.29, 1.82) is 0 Å². The second kappa shape index (κ2) is 5.08. The van der Waals surface area contributed by atoms with Gasteiger partial charge in [-0.1, -0.05) is 6.07 Å². The number of hydrogen-bond acceptors (Lipinski definition) is 3. The average molecular weight is 249 g/mol. The van der Waals surface area contributed by atoms with E-state index in [4.69, 9.17) is 4.74 Å². The van der Waals surface area contributed by atoms with Gasteiger partial charge in [-0.2, -0.15) is 5.10 Å². The van der Waals surface area contributed by atoms with Crippen molar-refractivity contribution in [3.05, 3.63) is 30.1 Å². The van der Waals surface area contributed by atoms with E-state index in [0.717, 1.165) is 0 Å². The first-order valence-electron chi connectivity index (χ1n) is 5.76. The summed E-state index contributed by atoms with van der Waals surface area (Å²) in [4.78, 5) is 0. The summed E-state index contributed by atoms with van der Waals surface area (Å²) in [7, 11) is 1.52. The zero-order chi connectivity index (χ0) is 13.1. The molecule has 1 heterocycles. The van der Waals surface area contributed by atoms with E-state index in [1.165, 1.54) is 13.2 Å². The minimum absolute atomic E-state index is 0.267. The van der Waals surface area contributed by atoms with Crippen LogP contribution in [0.25, 0.3) is 11.3 Å². The van der Waals surface area contributed by atoms with E-state index in [0.29, 0.717) is 22.8 Å². The lowest BCUT2D eigenvalue weighted by atomic mass is 10.1. The molecule has 2 N–H and O–H groups in total. The molecule has 1 aromatic carbocycles. The van der Waals surface area contributed by atoms with Gasteiger partial charge in [0.2, 0.25) is 0 Å². The van der Waals surface area contributed by atoms with Gasteiger partial charge in [0.25, 0.3) is 0 Å². The van der Waals surface area contributed by atoms with Crippen LogP contribution in [-0.4, -0.2) is 23.3 Å². The van der Waals surface area contributed by atoms with Crippen LogP contribution in [0.1, 0.15) is 13.8 Å². The maximum atomic E-state index is 13.8. The molecule has 0 atom stereocenters. The highest BCUT2D eigenvalue weighted by Gasteiger charge is 2.14. The van der Waals surface area contributed by atoms with E-state index < -0.39 is 0 Å². The summed E-state index contributed by atoms with van der Waals surface area (Å²) >= 11 is 0. The number of aromatic amines is 1. The normalized spacial score (nSPS) is 10.7. The zero-order valence-electron chi connectivity index (χ0n) is 10.6. The van der Waals surface area contributed by atoms with Gasteiger partial charge in [-0.05, 0) is 26.0 Å². The molecular formula is C13H16FN3O. The Morgan fingerprint density at radius 3 is 2.83 bits per heavy atom. The predicted octanol–water partition coefficient (Wildman–Crippen LogP) is 3.04. The Bertz CT molecular complexity index is 537. The largest absolute Gasteiger partial charge is 0.496 e. The quantitative estimate of drug-likeness (QED) is 0.875. The van der Waals surface area contributed by atoms with E-state index in [-0.39, 0.29) is 11.9 Å². The number of nitrogens with one attached hydrogen (secondary N) is 2. The molecule has 18 heavy (non-hydrogen) atoms. The number of anilines is 1. The average Bonchev–Trinajstić information content (AvgIpc) is 2.75. The number of aromatic nitrogens is 2. The van der Waals surface area contributed by atoms with Gasteiger partial charge in [-0.25, -0.2) is 4.39 Å². The minimum atomic E-state index is -0.339. The van der Waals surface area contributed by atoms with Crippen molar-refractivity contribution < 1.29 is 9.13 Å². The fourth-order valence-electron chi connectivity index (χ4n) is 1.76. The third-order valence-corrected chi connectivity index (χ3v) is 2.48. The Balaban J connectivity index is 2.39. The van der Waals surface area contributed by atoms with Crippen molar-refractivity contribution in [3.8, 4) is 17.0 Å². The standard InChI is InChI=1S/C13H16FN3O/c1-8(2)15-12-7-10(16-17-12)13-9(14)5-4-6-11(13)18-3/h4-8H,1-3H3,(H2,15,16,17). The van der Waals surface area contributed by atoms with Crippen LogP contribution >= 0.6 is 0 Å². The van der Waals surface area contributed by atoms with Gasteiger partial charge in [0.1, 0.15) is 17.4 Å². The lowest BCUT2D eigenvalue weighted by Gasteiger charge is -2.07. The SMILES string of the molecule is COc1cccc(F)c1-c1cc(NC(C)C)n[nH]1. The molecule has 0 fully saturated rings. The first kappa shape index (κ1) is 12.4. The molecule has 0 aliphatic rings. The van der Waals surface area contributed by atoms with Gasteiger partial charge in [0.15, 0.2) is 0 Å². The zero-order valence-corrected chi connectivity index (χ0v) is 10.6. The van der Waals surface area contributed by atoms with Crippen LogP contribution in [0.5, 0.6) is 5.75 Å². The van der Waals surface area contributed by atoms with E-state index in [1.54, 1.807) is 18.2 Å². The molecule has 5 heteroatoms. The van der Waals surface area contributed by atoms with Crippen LogP contribution in [0.4, 0.5) is 10.2 Å². The van der Waals surface area contributed by atoms with Gasteiger partial charge in [-0.15, -0.1) is 0 Å². The third-order valence-electron chi connectivity index (χ3n) is 2.48. The smallest absolute Gasteiger partial charge is 0.148 e. The highest BCUT2D eigenvalue weighted by Crippen LogP contribution is 2.32. The Morgan fingerprint density at radius 1 is 1.39 bits per heavy atom. The topological polar surface area (TPSA) is 49.9 Å². The molecule has 2 rings (SSSR count). The predicted molar refractivity (Wildman–Crippen MR) is 69.3 cm³/mol. The first-order valence-corrected chi connectivity index (χ1v) is 5.76. The molecule has 0 amide bonds. The molecule has 1 aromatic heterocycles. The van der Waals surface area contributed by atoms with Gasteiger partial charge in [0, 0.05) is 12.1 Å². The summed E-state index contributed by atoms with van der Waals surface area (Å²) in [5, 5.41) is 10.0. The molecule has 0 radical (unpaired) electrons. The monoisotopic (exact) mass is 249 g/mol. The number of rotatable bonds is 4. The van der Waals surface area contributed by atoms with Crippen molar-refractivity contribution in [2.75, 3.05) is 12.4 Å². The van der Waals surface area contributed by atoms with Crippen LogP contribution in [0.2, 0.25) is 0 Å². The fourth-order valence-corrected chi connectivity index (χ4v) is 1.76. The summed E-state index contributed by atoms with van der Waals surface area (Å²) in [6.07, 6.45) is 0. The first-order chi connectivity index (χ1) is 8.61. The summed E-state index contributed by atoms with van der Waals surface area (Å²) in [6.45, 7) is 4.02. The van der Waals surface area contributed by atoms with Crippen molar-refractivity contribution in [1.82, 2.24) is 10.2 Å². The molecule has 0 saturated carbocycles. The summed E-state index contributed by atoms with van der Waals surface area (Å²) in [5.41, 5.74) is 0.984. The van der Waals surface area contributed by atoms with Crippen molar-refractivity contribution in [2.45, 2.75) is 19.9 Å². The van der Waals surface area contributed by atoms with Crippen LogP contribution in [-0.2, 0) is 0 Å². The maximum absolute atomic E-state index is 13.8. The van der Waals surface area contributed by atoms with Gasteiger partial charge in [-0.3, -0.25) is 5.10 Å². The summed E-state index contributed by atoms with van der Waals surface area (Å²) in [5.74, 6) is 0.828. The van der Waals surface area contributed by atoms with Gasteiger partial charge in [0.05, 0.1) is 18.4 Å². The third kappa shape index (κ3) is 2.45. The van der Waals surface area contributed by atoms with Crippen LogP contribution in [0.15, 0.2) is 24.3 Å². The number of ether oxygens (including phenoxy) is 1. The highest BCUT2D eigenvalue weighted by molar-refractivity contribution is 5.70. The van der Waals surface area contributed by atoms with Crippen molar-refractivity contribution >= 4 is 5.82 Å². The molecule has 0 spiro atoms. The van der Waals surface area contributed by atoms with E-state index >= 15 is 0 Å². The fraction of sp³-hybridized carbons (Fsp3) is 0.308. The van der Waals surface area contributed by atoms with Crippen molar-refractivity contribution in [2.24, 2.45) is 0 Å². The summed E-state index contributed by atoms with van der Waals surface area (Å²) < 4.78 is 19.0. The lowest BCUT2D eigenvalue weighted by molar-refractivity contribution is 0.413. The second-order valence-electron chi connectivity index (χ2n) is 4.28. The van der Waals surface area contributed by atoms with Crippen LogP contribution < -0.4 is 10.1 Å². The Hall–Kier alpha value is -2.04. The Kier molecular flexibility index (Phi) is 3.50. The van der Waals surface area contributed by atoms with E-state index in [9.17, 15) is 4.39 Å². The Morgan fingerprint density at radius 2 is 2.17 bits per heavy atom. The van der Waals surface area contributed by atoms with Crippen LogP contribution in [0, 0.1) is 5.82 Å². The lowest BCUT2D eigenvalue weighted by Crippen LogP contribution is -2.09. The van der Waals surface area contributed by atoms with Gasteiger partial charge < -0.3 is 10.1 Å². The number of methoxy groups -OCH3 is 1. The summed E-state index contributed by atoms with van der Waals surface area (Å²) in [6, 6.07) is 6.76. The number of benzene rings is 1. The second-order valence-corrected chi connectivity index (χ2v) is 4.28. The molecule has 0 aliphatic carbocycles. The molecule has 2 aromatic rings.